The van der Waals surface area contributed by atoms with Crippen molar-refractivity contribution in [2.45, 2.75) is 58.0 Å². The number of ether oxygens (including phenoxy) is 1. The van der Waals surface area contributed by atoms with Gasteiger partial charge in [-0.15, -0.1) is 0 Å². The lowest BCUT2D eigenvalue weighted by Crippen LogP contribution is -2.46. The van der Waals surface area contributed by atoms with Gasteiger partial charge in [0.15, 0.2) is 0 Å². The first kappa shape index (κ1) is 36.7. The van der Waals surface area contributed by atoms with Crippen LogP contribution in [0.4, 0.5) is 11.9 Å². The molecule has 0 spiro atoms. The zero-order valence-electron chi connectivity index (χ0n) is 31.1. The fourth-order valence-corrected chi connectivity index (χ4v) is 9.05. The van der Waals surface area contributed by atoms with Crippen LogP contribution in [0.25, 0.3) is 22.5 Å². The van der Waals surface area contributed by atoms with Crippen LogP contribution in [0.2, 0.25) is 0 Å². The Kier molecular flexibility index (Phi) is 11.0. The number of esters is 1. The van der Waals surface area contributed by atoms with Crippen LogP contribution in [-0.4, -0.2) is 48.1 Å². The third-order valence-electron chi connectivity index (χ3n) is 11.3. The zero-order chi connectivity index (χ0) is 37.7. The number of hydrogen-bond acceptors (Lipinski definition) is 10. The monoisotopic (exact) mass is 728 g/mol. The van der Waals surface area contributed by atoms with Gasteiger partial charge in [-0.25, -0.2) is 9.97 Å². The second-order valence-corrected chi connectivity index (χ2v) is 15.2. The molecular formula is C42H48N8O4. The van der Waals surface area contributed by atoms with Crippen molar-refractivity contribution in [1.29, 1.82) is 0 Å². The summed E-state index contributed by atoms with van der Waals surface area (Å²) in [5, 5.41) is 6.60. The number of carbonyl (C=O) groups is 1. The van der Waals surface area contributed by atoms with Crippen LogP contribution in [0.5, 0.6) is 0 Å². The molecule has 54 heavy (non-hydrogen) atoms. The minimum atomic E-state index is -0.495. The van der Waals surface area contributed by atoms with Gasteiger partial charge in [0.1, 0.15) is 6.10 Å². The largest absolute Gasteiger partial charge is 0.456 e. The third kappa shape index (κ3) is 8.59. The molecule has 2 N–H and O–H groups in total. The van der Waals surface area contributed by atoms with Crippen LogP contribution in [-0.2, 0) is 23.6 Å². The quantitative estimate of drug-likeness (QED) is 0.146. The van der Waals surface area contributed by atoms with Gasteiger partial charge in [-0.2, -0.15) is 0 Å². The maximum absolute atomic E-state index is 12.4. The summed E-state index contributed by atoms with van der Waals surface area (Å²) in [4.78, 5) is 53.4. The topological polar surface area (TPSA) is 146 Å². The molecule has 0 aliphatic heterocycles. The summed E-state index contributed by atoms with van der Waals surface area (Å²) < 4.78 is 8.45. The van der Waals surface area contributed by atoms with Crippen LogP contribution in [0.1, 0.15) is 63.5 Å². The highest BCUT2D eigenvalue weighted by Crippen LogP contribution is 2.61. The number of benzene rings is 1. The molecule has 0 saturated heterocycles. The van der Waals surface area contributed by atoms with E-state index in [4.69, 9.17) is 9.72 Å². The Bertz CT molecular complexity index is 2140. The average molecular weight is 729 g/mol. The van der Waals surface area contributed by atoms with E-state index >= 15 is 0 Å². The van der Waals surface area contributed by atoms with E-state index in [9.17, 15) is 14.4 Å². The van der Waals surface area contributed by atoms with Crippen LogP contribution < -0.4 is 21.8 Å². The third-order valence-corrected chi connectivity index (χ3v) is 11.3. The zero-order valence-corrected chi connectivity index (χ0v) is 31.1. The fraction of sp³-hybridized carbons (Fsp3) is 0.405. The number of nitrogens with one attached hydrogen (secondary N) is 2. The van der Waals surface area contributed by atoms with E-state index in [0.29, 0.717) is 28.7 Å². The molecule has 4 fully saturated rings. The first-order chi connectivity index (χ1) is 26.1. The van der Waals surface area contributed by atoms with Gasteiger partial charge in [0, 0.05) is 75.6 Å². The van der Waals surface area contributed by atoms with Crippen LogP contribution in [0.15, 0.2) is 101 Å². The Morgan fingerprint density at radius 3 is 1.72 bits per heavy atom. The van der Waals surface area contributed by atoms with Crippen molar-refractivity contribution in [1.82, 2.24) is 29.1 Å². The molecule has 12 nitrogen and oxygen atoms in total. The van der Waals surface area contributed by atoms with Crippen molar-refractivity contribution >= 4 is 17.9 Å². The molecule has 4 bridgehead atoms. The molecule has 4 aliphatic rings. The second kappa shape index (κ2) is 16.2. The van der Waals surface area contributed by atoms with Crippen LogP contribution in [0, 0.1) is 23.2 Å². The summed E-state index contributed by atoms with van der Waals surface area (Å²) >= 11 is 0. The molecule has 4 aliphatic carbocycles. The van der Waals surface area contributed by atoms with E-state index < -0.39 is 6.10 Å². The van der Waals surface area contributed by atoms with E-state index in [2.05, 4.69) is 25.6 Å². The van der Waals surface area contributed by atoms with Crippen molar-refractivity contribution in [3.63, 3.8) is 0 Å². The maximum Gasteiger partial charge on any atom is 0.303 e. The van der Waals surface area contributed by atoms with Crippen molar-refractivity contribution in [2.75, 3.05) is 23.7 Å². The van der Waals surface area contributed by atoms with E-state index in [1.165, 1.54) is 62.5 Å². The van der Waals surface area contributed by atoms with E-state index in [1.54, 1.807) is 61.6 Å². The lowest BCUT2D eigenvalue weighted by atomic mass is 9.49. The van der Waals surface area contributed by atoms with Crippen molar-refractivity contribution in [3.8, 4) is 22.5 Å². The summed E-state index contributed by atoms with van der Waals surface area (Å²) in [5.74, 6) is 3.62. The summed E-state index contributed by atoms with van der Waals surface area (Å²) in [6.45, 7) is 2.55. The Labute approximate surface area is 315 Å². The Morgan fingerprint density at radius 1 is 0.759 bits per heavy atom. The highest BCUT2D eigenvalue weighted by molar-refractivity contribution is 5.66. The molecule has 5 aromatic rings. The first-order valence-electron chi connectivity index (χ1n) is 18.8. The van der Waals surface area contributed by atoms with E-state index in [-0.39, 0.29) is 23.6 Å². The molecule has 4 saturated carbocycles. The molecule has 0 radical (unpaired) electrons. The lowest BCUT2D eigenvalue weighted by molar-refractivity contribution is -0.146. The SMILES string of the molecule is CC(=O)OC(CNc1nc(-c2ccncc2)cc(=O)n1C)c1ccccc1.Cn1c(NCCC23CC4CC(CC(C4)C2)C3)nc(-c2ccncc2)cc1=O. The minimum absolute atomic E-state index is 0.0332. The van der Waals surface area contributed by atoms with Crippen LogP contribution >= 0.6 is 0 Å². The van der Waals surface area contributed by atoms with Gasteiger partial charge in [-0.1, -0.05) is 30.3 Å². The van der Waals surface area contributed by atoms with Crippen molar-refractivity contribution in [3.05, 3.63) is 118 Å². The van der Waals surface area contributed by atoms with Crippen molar-refractivity contribution in [2.24, 2.45) is 37.3 Å². The molecule has 4 heterocycles. The Morgan fingerprint density at radius 2 is 1.24 bits per heavy atom. The smallest absolute Gasteiger partial charge is 0.303 e. The number of aromatic nitrogens is 6. The number of carbonyl (C=O) groups excluding carboxylic acids is 1. The number of nitrogens with zero attached hydrogens (tertiary/aromatic N) is 6. The number of anilines is 2. The molecular weight excluding hydrogens is 681 g/mol. The lowest BCUT2D eigenvalue weighted by Gasteiger charge is -2.57. The van der Waals surface area contributed by atoms with Gasteiger partial charge in [-0.05, 0) is 97.9 Å². The molecule has 1 aromatic carbocycles. The van der Waals surface area contributed by atoms with Gasteiger partial charge < -0.3 is 15.4 Å². The van der Waals surface area contributed by atoms with Gasteiger partial charge in [0.05, 0.1) is 17.9 Å². The van der Waals surface area contributed by atoms with Gasteiger partial charge in [-0.3, -0.25) is 33.5 Å². The standard InChI is InChI=1S/C22H28N4O.C20H20N4O3/c1-26-20(27)11-19(18-2-5-23-6-3-18)25-21(26)24-7-4-22-12-15-8-16(13-22)10-17(9-15)14-22;1-14(25)27-18(16-6-4-3-5-7-16)13-22-20-23-17(12-19(26)24(20)2)15-8-10-21-11-9-15/h2-3,5-6,11,15-17H,4,7-10,12-14H2,1H3,(H,24,25);3-12,18H,13H2,1-2H3,(H,22,23). The molecule has 9 rings (SSSR count). The highest BCUT2D eigenvalue weighted by atomic mass is 16.5. The Hall–Kier alpha value is -5.65. The Balaban J connectivity index is 0.000000167. The highest BCUT2D eigenvalue weighted by Gasteiger charge is 2.50. The predicted molar refractivity (Wildman–Crippen MR) is 209 cm³/mol. The molecule has 4 aromatic heterocycles. The van der Waals surface area contributed by atoms with Gasteiger partial charge in [0.25, 0.3) is 11.1 Å². The van der Waals surface area contributed by atoms with E-state index in [1.807, 2.05) is 42.5 Å². The van der Waals surface area contributed by atoms with E-state index in [0.717, 1.165) is 41.0 Å². The maximum atomic E-state index is 12.4. The summed E-state index contributed by atoms with van der Waals surface area (Å²) in [6, 6.07) is 19.8. The second-order valence-electron chi connectivity index (χ2n) is 15.2. The number of rotatable bonds is 11. The van der Waals surface area contributed by atoms with Crippen LogP contribution in [0.3, 0.4) is 0 Å². The van der Waals surface area contributed by atoms with Crippen molar-refractivity contribution < 1.29 is 9.53 Å². The summed E-state index contributed by atoms with van der Waals surface area (Å²) in [5.41, 5.74) is 4.15. The summed E-state index contributed by atoms with van der Waals surface area (Å²) in [6.07, 6.45) is 16.2. The molecule has 0 amide bonds. The summed E-state index contributed by atoms with van der Waals surface area (Å²) in [7, 11) is 3.43. The normalized spacial score (nSPS) is 21.4. The molecule has 1 atom stereocenters. The molecule has 280 valence electrons. The first-order valence-corrected chi connectivity index (χ1v) is 18.8. The predicted octanol–water partition coefficient (Wildman–Crippen LogP) is 6.42. The van der Waals surface area contributed by atoms with Gasteiger partial charge >= 0.3 is 5.97 Å². The molecule has 1 unspecified atom stereocenters. The number of pyridine rings is 2. The minimum Gasteiger partial charge on any atom is -0.456 e. The fourth-order valence-electron chi connectivity index (χ4n) is 9.05. The van der Waals surface area contributed by atoms with Gasteiger partial charge in [0.2, 0.25) is 11.9 Å². The average Bonchev–Trinajstić information content (AvgIpc) is 3.17. The molecule has 12 heteroatoms. The number of hydrogen-bond donors (Lipinski definition) is 2.